The lowest BCUT2D eigenvalue weighted by Crippen LogP contribution is -2.32. The van der Waals surface area contributed by atoms with E-state index in [1.807, 2.05) is 6.07 Å². The third-order valence-corrected chi connectivity index (χ3v) is 4.07. The van der Waals surface area contributed by atoms with Gasteiger partial charge >= 0.3 is 0 Å². The molecule has 0 atom stereocenters. The van der Waals surface area contributed by atoms with Crippen LogP contribution < -0.4 is 16.8 Å². The molecule has 1 aliphatic rings. The summed E-state index contributed by atoms with van der Waals surface area (Å²) in [5.74, 6) is 0. The summed E-state index contributed by atoms with van der Waals surface area (Å²) >= 11 is 1.78. The lowest BCUT2D eigenvalue weighted by Gasteiger charge is -2.23. The van der Waals surface area contributed by atoms with Gasteiger partial charge in [-0.3, -0.25) is 0 Å². The Morgan fingerprint density at radius 3 is 2.61 bits per heavy atom. The first-order valence-corrected chi connectivity index (χ1v) is 6.72. The highest BCUT2D eigenvalue weighted by Gasteiger charge is 2.18. The zero-order valence-electron chi connectivity index (χ0n) is 9.89. The maximum absolute atomic E-state index is 5.70. The molecule has 0 spiro atoms. The molecule has 1 heterocycles. The fourth-order valence-corrected chi connectivity index (χ4v) is 3.18. The number of hydrogen-bond donors (Lipinski definition) is 3. The van der Waals surface area contributed by atoms with E-state index in [-0.39, 0.29) is 6.17 Å². The first-order chi connectivity index (χ1) is 8.74. The van der Waals surface area contributed by atoms with Gasteiger partial charge in [0, 0.05) is 16.2 Å². The van der Waals surface area contributed by atoms with Crippen molar-refractivity contribution in [3.05, 3.63) is 48.0 Å². The van der Waals surface area contributed by atoms with E-state index in [2.05, 4.69) is 41.7 Å². The maximum Gasteiger partial charge on any atom is 0.0563 e. The van der Waals surface area contributed by atoms with Crippen molar-refractivity contribution in [1.29, 1.82) is 0 Å². The van der Waals surface area contributed by atoms with Gasteiger partial charge in [0.1, 0.15) is 0 Å². The Morgan fingerprint density at radius 1 is 1.00 bits per heavy atom. The highest BCUT2D eigenvalue weighted by molar-refractivity contribution is 7.99. The molecule has 0 saturated carbocycles. The van der Waals surface area contributed by atoms with Crippen LogP contribution in [0.1, 0.15) is 5.56 Å². The Balaban J connectivity index is 2.02. The Kier molecular flexibility index (Phi) is 2.99. The van der Waals surface area contributed by atoms with Crippen molar-refractivity contribution in [2.75, 3.05) is 5.32 Å². The fraction of sp³-hybridized carbons (Fsp3) is 0.143. The van der Waals surface area contributed by atoms with E-state index in [0.717, 1.165) is 11.4 Å². The van der Waals surface area contributed by atoms with Gasteiger partial charge in [0.05, 0.1) is 17.5 Å². The van der Waals surface area contributed by atoms with E-state index in [0.29, 0.717) is 6.42 Å². The number of nitrogens with one attached hydrogen (secondary N) is 1. The SMILES string of the molecule is NC(N)Cc1cccc2c1Nc1ccccc1S2. The molecule has 4 heteroatoms. The van der Waals surface area contributed by atoms with Crippen LogP contribution in [0.15, 0.2) is 52.3 Å². The summed E-state index contributed by atoms with van der Waals surface area (Å²) in [5.41, 5.74) is 14.8. The molecule has 2 aromatic rings. The first kappa shape index (κ1) is 11.6. The lowest BCUT2D eigenvalue weighted by molar-refractivity contribution is 0.703. The molecular weight excluding hydrogens is 242 g/mol. The van der Waals surface area contributed by atoms with Gasteiger partial charge in [-0.2, -0.15) is 0 Å². The summed E-state index contributed by atoms with van der Waals surface area (Å²) in [5, 5.41) is 3.48. The second-order valence-corrected chi connectivity index (χ2v) is 5.47. The summed E-state index contributed by atoms with van der Waals surface area (Å²) in [6.07, 6.45) is 0.360. The Labute approximate surface area is 111 Å². The standard InChI is InChI=1S/C14H15N3S/c15-13(16)8-9-4-3-7-12-14(9)17-10-5-1-2-6-11(10)18-12/h1-7,13,17H,8,15-16H2. The second-order valence-electron chi connectivity index (χ2n) is 4.38. The van der Waals surface area contributed by atoms with E-state index < -0.39 is 0 Å². The molecule has 3 nitrogen and oxygen atoms in total. The molecule has 0 radical (unpaired) electrons. The zero-order valence-corrected chi connectivity index (χ0v) is 10.7. The number of anilines is 2. The van der Waals surface area contributed by atoms with Gasteiger partial charge < -0.3 is 16.8 Å². The van der Waals surface area contributed by atoms with Crippen molar-refractivity contribution in [3.8, 4) is 0 Å². The predicted octanol–water partition coefficient (Wildman–Crippen LogP) is 2.68. The average Bonchev–Trinajstić information content (AvgIpc) is 2.36. The molecule has 0 bridgehead atoms. The van der Waals surface area contributed by atoms with E-state index in [9.17, 15) is 0 Å². The molecule has 5 N–H and O–H groups in total. The average molecular weight is 257 g/mol. The highest BCUT2D eigenvalue weighted by Crippen LogP contribution is 2.45. The third-order valence-electron chi connectivity index (χ3n) is 2.93. The van der Waals surface area contributed by atoms with Crippen LogP contribution in [0.25, 0.3) is 0 Å². The van der Waals surface area contributed by atoms with Crippen molar-refractivity contribution in [2.24, 2.45) is 11.5 Å². The molecule has 2 aromatic carbocycles. The third kappa shape index (κ3) is 2.10. The topological polar surface area (TPSA) is 64.1 Å². The number of rotatable bonds is 2. The number of benzene rings is 2. The van der Waals surface area contributed by atoms with Gasteiger partial charge in [0.15, 0.2) is 0 Å². The van der Waals surface area contributed by atoms with Crippen LogP contribution in [-0.4, -0.2) is 6.17 Å². The van der Waals surface area contributed by atoms with Crippen LogP contribution in [-0.2, 0) is 6.42 Å². The monoisotopic (exact) mass is 257 g/mol. The van der Waals surface area contributed by atoms with Crippen LogP contribution in [0.3, 0.4) is 0 Å². The molecule has 0 fully saturated rings. The minimum Gasteiger partial charge on any atom is -0.353 e. The Bertz CT molecular complexity index is 581. The first-order valence-electron chi connectivity index (χ1n) is 5.91. The molecule has 0 aliphatic carbocycles. The molecule has 3 rings (SSSR count). The summed E-state index contributed by atoms with van der Waals surface area (Å²) in [4.78, 5) is 2.48. The Morgan fingerprint density at radius 2 is 1.78 bits per heavy atom. The van der Waals surface area contributed by atoms with Crippen molar-refractivity contribution in [1.82, 2.24) is 0 Å². The second kappa shape index (κ2) is 4.65. The number of fused-ring (bicyclic) bond motifs is 2. The highest BCUT2D eigenvalue weighted by atomic mass is 32.2. The van der Waals surface area contributed by atoms with Gasteiger partial charge in [-0.05, 0) is 23.8 Å². The molecule has 92 valence electrons. The fourth-order valence-electron chi connectivity index (χ4n) is 2.14. The number of para-hydroxylation sites is 2. The van der Waals surface area contributed by atoms with Crippen LogP contribution in [0.2, 0.25) is 0 Å². The number of nitrogens with two attached hydrogens (primary N) is 2. The smallest absolute Gasteiger partial charge is 0.0563 e. The van der Waals surface area contributed by atoms with Crippen LogP contribution >= 0.6 is 11.8 Å². The molecule has 1 aliphatic heterocycles. The van der Waals surface area contributed by atoms with Gasteiger partial charge in [0.25, 0.3) is 0 Å². The van der Waals surface area contributed by atoms with Crippen LogP contribution in [0.4, 0.5) is 11.4 Å². The quantitative estimate of drug-likeness (QED) is 0.618. The molecular formula is C14H15N3S. The zero-order chi connectivity index (χ0) is 12.5. The van der Waals surface area contributed by atoms with Crippen LogP contribution in [0, 0.1) is 0 Å². The lowest BCUT2D eigenvalue weighted by atomic mass is 10.1. The van der Waals surface area contributed by atoms with Gasteiger partial charge in [-0.15, -0.1) is 0 Å². The summed E-state index contributed by atoms with van der Waals surface area (Å²) in [7, 11) is 0. The molecule has 0 amide bonds. The van der Waals surface area contributed by atoms with Crippen molar-refractivity contribution in [2.45, 2.75) is 22.4 Å². The van der Waals surface area contributed by atoms with Crippen molar-refractivity contribution < 1.29 is 0 Å². The maximum atomic E-state index is 5.70. The minimum absolute atomic E-state index is 0.319. The van der Waals surface area contributed by atoms with E-state index >= 15 is 0 Å². The largest absolute Gasteiger partial charge is 0.353 e. The summed E-state index contributed by atoms with van der Waals surface area (Å²) in [6, 6.07) is 14.6. The van der Waals surface area contributed by atoms with Crippen LogP contribution in [0.5, 0.6) is 0 Å². The molecule has 0 unspecified atom stereocenters. The van der Waals surface area contributed by atoms with Gasteiger partial charge in [0.2, 0.25) is 0 Å². The van der Waals surface area contributed by atoms with Crippen molar-refractivity contribution in [3.63, 3.8) is 0 Å². The molecule has 18 heavy (non-hydrogen) atoms. The van der Waals surface area contributed by atoms with E-state index in [4.69, 9.17) is 11.5 Å². The van der Waals surface area contributed by atoms with Gasteiger partial charge in [-0.1, -0.05) is 36.0 Å². The molecule has 0 aromatic heterocycles. The Hall–Kier alpha value is -1.49. The number of hydrogen-bond acceptors (Lipinski definition) is 4. The van der Waals surface area contributed by atoms with E-state index in [1.54, 1.807) is 11.8 Å². The van der Waals surface area contributed by atoms with E-state index in [1.165, 1.54) is 15.4 Å². The minimum atomic E-state index is -0.319. The van der Waals surface area contributed by atoms with Gasteiger partial charge in [-0.25, -0.2) is 0 Å². The predicted molar refractivity (Wildman–Crippen MR) is 76.2 cm³/mol. The normalized spacial score (nSPS) is 12.8. The summed E-state index contributed by atoms with van der Waals surface area (Å²) in [6.45, 7) is 0. The molecule has 0 saturated heterocycles. The summed E-state index contributed by atoms with van der Waals surface area (Å²) < 4.78 is 0. The van der Waals surface area contributed by atoms with Crippen molar-refractivity contribution >= 4 is 23.1 Å².